The molecule has 1 amide bonds. The molecule has 0 unspecified atom stereocenters. The summed E-state index contributed by atoms with van der Waals surface area (Å²) in [6.07, 6.45) is 4.02. The van der Waals surface area contributed by atoms with Crippen LogP contribution >= 0.6 is 23.4 Å². The van der Waals surface area contributed by atoms with Gasteiger partial charge in [0.15, 0.2) is 0 Å². The van der Waals surface area contributed by atoms with Crippen LogP contribution in [0.25, 0.3) is 0 Å². The highest BCUT2D eigenvalue weighted by Gasteiger charge is 2.02. The van der Waals surface area contributed by atoms with E-state index in [1.54, 1.807) is 30.1 Å². The van der Waals surface area contributed by atoms with Crippen molar-refractivity contribution in [3.8, 4) is 0 Å². The van der Waals surface area contributed by atoms with E-state index in [2.05, 4.69) is 10.3 Å². The molecular weight excluding hydrogens is 220 g/mol. The van der Waals surface area contributed by atoms with Gasteiger partial charge in [0.05, 0.1) is 0 Å². The first kappa shape index (κ1) is 11.3. The SMILES string of the molecule is CSCCC(=O)Nc1cc(Cl)ccn1. The average Bonchev–Trinajstić information content (AvgIpc) is 2.15. The first-order valence-corrected chi connectivity index (χ1v) is 5.90. The topological polar surface area (TPSA) is 42.0 Å². The molecule has 0 aliphatic heterocycles. The van der Waals surface area contributed by atoms with E-state index in [0.29, 0.717) is 17.3 Å². The van der Waals surface area contributed by atoms with Crippen LogP contribution in [0.5, 0.6) is 0 Å². The molecule has 1 rings (SSSR count). The van der Waals surface area contributed by atoms with E-state index in [-0.39, 0.29) is 5.91 Å². The third-order valence-electron chi connectivity index (χ3n) is 1.52. The van der Waals surface area contributed by atoms with Gasteiger partial charge in [0.1, 0.15) is 5.82 Å². The van der Waals surface area contributed by atoms with Crippen LogP contribution in [0.2, 0.25) is 5.02 Å². The van der Waals surface area contributed by atoms with Crippen molar-refractivity contribution in [3.05, 3.63) is 23.4 Å². The van der Waals surface area contributed by atoms with E-state index in [4.69, 9.17) is 11.6 Å². The van der Waals surface area contributed by atoms with Gasteiger partial charge in [-0.25, -0.2) is 4.98 Å². The Morgan fingerprint density at radius 3 is 3.14 bits per heavy atom. The van der Waals surface area contributed by atoms with Gasteiger partial charge in [-0.05, 0) is 18.4 Å². The van der Waals surface area contributed by atoms with Crippen LogP contribution in [-0.4, -0.2) is 22.9 Å². The number of pyridine rings is 1. The molecular formula is C9H11ClN2OS. The number of nitrogens with one attached hydrogen (secondary N) is 1. The highest BCUT2D eigenvalue weighted by Crippen LogP contribution is 2.11. The Bertz CT molecular complexity index is 319. The lowest BCUT2D eigenvalue weighted by Crippen LogP contribution is -2.12. The number of carbonyl (C=O) groups is 1. The molecule has 1 heterocycles. The van der Waals surface area contributed by atoms with E-state index >= 15 is 0 Å². The summed E-state index contributed by atoms with van der Waals surface area (Å²) in [5.41, 5.74) is 0. The van der Waals surface area contributed by atoms with Crippen molar-refractivity contribution in [1.82, 2.24) is 4.98 Å². The third kappa shape index (κ3) is 3.98. The minimum Gasteiger partial charge on any atom is -0.311 e. The zero-order valence-electron chi connectivity index (χ0n) is 7.79. The Morgan fingerprint density at radius 2 is 2.50 bits per heavy atom. The molecule has 3 nitrogen and oxygen atoms in total. The third-order valence-corrected chi connectivity index (χ3v) is 2.37. The predicted molar refractivity (Wildman–Crippen MR) is 60.9 cm³/mol. The second-order valence-electron chi connectivity index (χ2n) is 2.65. The number of halogens is 1. The molecule has 5 heteroatoms. The molecule has 0 bridgehead atoms. The number of carbonyl (C=O) groups excluding carboxylic acids is 1. The number of anilines is 1. The molecule has 0 fully saturated rings. The van der Waals surface area contributed by atoms with Crippen molar-refractivity contribution >= 4 is 35.1 Å². The average molecular weight is 231 g/mol. The van der Waals surface area contributed by atoms with Crippen LogP contribution in [0.1, 0.15) is 6.42 Å². The highest BCUT2D eigenvalue weighted by molar-refractivity contribution is 7.98. The van der Waals surface area contributed by atoms with Gasteiger partial charge >= 0.3 is 0 Å². The van der Waals surface area contributed by atoms with E-state index in [1.165, 1.54) is 0 Å². The number of hydrogen-bond acceptors (Lipinski definition) is 3. The summed E-state index contributed by atoms with van der Waals surface area (Å²) in [5.74, 6) is 1.28. The number of amides is 1. The number of rotatable bonds is 4. The molecule has 1 aromatic heterocycles. The molecule has 0 aliphatic rings. The Hall–Kier alpha value is -0.740. The number of aromatic nitrogens is 1. The van der Waals surface area contributed by atoms with E-state index in [0.717, 1.165) is 5.75 Å². The van der Waals surface area contributed by atoms with Crippen molar-refractivity contribution in [2.45, 2.75) is 6.42 Å². The van der Waals surface area contributed by atoms with Crippen molar-refractivity contribution in [2.24, 2.45) is 0 Å². The monoisotopic (exact) mass is 230 g/mol. The molecule has 0 aromatic carbocycles. The molecule has 0 atom stereocenters. The number of nitrogens with zero attached hydrogens (tertiary/aromatic N) is 1. The fraction of sp³-hybridized carbons (Fsp3) is 0.333. The highest BCUT2D eigenvalue weighted by atomic mass is 35.5. The van der Waals surface area contributed by atoms with Crippen LogP contribution in [0.15, 0.2) is 18.3 Å². The van der Waals surface area contributed by atoms with Crippen LogP contribution in [0, 0.1) is 0 Å². The molecule has 0 saturated carbocycles. The maximum Gasteiger partial charge on any atom is 0.226 e. The summed E-state index contributed by atoms with van der Waals surface area (Å²) in [6.45, 7) is 0. The zero-order valence-corrected chi connectivity index (χ0v) is 9.36. The van der Waals surface area contributed by atoms with Crippen molar-refractivity contribution < 1.29 is 4.79 Å². The van der Waals surface area contributed by atoms with E-state index in [1.807, 2.05) is 6.26 Å². The van der Waals surface area contributed by atoms with Crippen molar-refractivity contribution in [2.75, 3.05) is 17.3 Å². The molecule has 1 N–H and O–H groups in total. The standard InChI is InChI=1S/C9H11ClN2OS/c1-14-5-3-9(13)12-8-6-7(10)2-4-11-8/h2,4,6H,3,5H2,1H3,(H,11,12,13). The molecule has 0 spiro atoms. The van der Waals surface area contributed by atoms with E-state index < -0.39 is 0 Å². The van der Waals surface area contributed by atoms with Crippen LogP contribution < -0.4 is 5.32 Å². The molecule has 14 heavy (non-hydrogen) atoms. The van der Waals surface area contributed by atoms with E-state index in [9.17, 15) is 4.79 Å². The van der Waals surface area contributed by atoms with Gasteiger partial charge in [-0.1, -0.05) is 11.6 Å². The summed E-state index contributed by atoms with van der Waals surface area (Å²) < 4.78 is 0. The lowest BCUT2D eigenvalue weighted by molar-refractivity contribution is -0.115. The quantitative estimate of drug-likeness (QED) is 0.864. The maximum atomic E-state index is 11.3. The van der Waals surface area contributed by atoms with Gasteiger partial charge in [-0.2, -0.15) is 11.8 Å². The lowest BCUT2D eigenvalue weighted by Gasteiger charge is -2.03. The first-order valence-electron chi connectivity index (χ1n) is 4.12. The smallest absolute Gasteiger partial charge is 0.226 e. The summed E-state index contributed by atoms with van der Waals surface area (Å²) in [5, 5.41) is 3.24. The fourth-order valence-electron chi connectivity index (χ4n) is 0.873. The largest absolute Gasteiger partial charge is 0.311 e. The molecule has 0 saturated heterocycles. The summed E-state index contributed by atoms with van der Waals surface area (Å²) in [6, 6.07) is 3.29. The molecule has 0 radical (unpaired) electrons. The minimum atomic E-state index is -0.0332. The van der Waals surface area contributed by atoms with Crippen molar-refractivity contribution in [1.29, 1.82) is 0 Å². The van der Waals surface area contributed by atoms with Gasteiger partial charge in [-0.15, -0.1) is 0 Å². The first-order chi connectivity index (χ1) is 6.72. The zero-order chi connectivity index (χ0) is 10.4. The van der Waals surface area contributed by atoms with Gasteiger partial charge < -0.3 is 5.32 Å². The summed E-state index contributed by atoms with van der Waals surface area (Å²) in [7, 11) is 0. The van der Waals surface area contributed by atoms with Gasteiger partial charge in [0.2, 0.25) is 5.91 Å². The van der Waals surface area contributed by atoms with Gasteiger partial charge in [0.25, 0.3) is 0 Å². The van der Waals surface area contributed by atoms with Crippen LogP contribution in [0.3, 0.4) is 0 Å². The van der Waals surface area contributed by atoms with Crippen LogP contribution in [0.4, 0.5) is 5.82 Å². The second-order valence-corrected chi connectivity index (χ2v) is 4.07. The normalized spacial score (nSPS) is 9.86. The predicted octanol–water partition coefficient (Wildman–Crippen LogP) is 2.43. The molecule has 76 valence electrons. The van der Waals surface area contributed by atoms with Crippen molar-refractivity contribution in [3.63, 3.8) is 0 Å². The Morgan fingerprint density at radius 1 is 1.71 bits per heavy atom. The lowest BCUT2D eigenvalue weighted by atomic mass is 10.4. The molecule has 0 aliphatic carbocycles. The second kappa shape index (κ2) is 5.88. The van der Waals surface area contributed by atoms with Crippen LogP contribution in [-0.2, 0) is 4.79 Å². The Labute approximate surface area is 92.2 Å². The maximum absolute atomic E-state index is 11.3. The van der Waals surface area contributed by atoms with Gasteiger partial charge in [0, 0.05) is 23.4 Å². The minimum absolute atomic E-state index is 0.0332. The summed E-state index contributed by atoms with van der Waals surface area (Å²) in [4.78, 5) is 15.2. The van der Waals surface area contributed by atoms with Gasteiger partial charge in [-0.3, -0.25) is 4.79 Å². The Kier molecular flexibility index (Phi) is 4.76. The fourth-order valence-corrected chi connectivity index (χ4v) is 1.42. The number of thioether (sulfide) groups is 1. The number of hydrogen-bond donors (Lipinski definition) is 1. The Balaban J connectivity index is 2.47. The summed E-state index contributed by atoms with van der Waals surface area (Å²) >= 11 is 7.37. The molecule has 1 aromatic rings.